The first-order valence-corrected chi connectivity index (χ1v) is 11.5. The molecule has 13 heteroatoms. The standard InChI is InChI=1S/C21H19N7O4S2/c1-3-17-24-25-21-27(17)26-19(34-21)12-5-8-14(9-6-12)22-20(33)23-18(29)13-7-10-16(32-4-2)15(11-13)28(30)31/h5-11H,3-4H2,1-2H3,(H2,22,23,29,33). The van der Waals surface area contributed by atoms with Crippen molar-refractivity contribution in [1.29, 1.82) is 0 Å². The number of nitrogens with zero attached hydrogens (tertiary/aromatic N) is 5. The van der Waals surface area contributed by atoms with Crippen LogP contribution in [0.4, 0.5) is 11.4 Å². The van der Waals surface area contributed by atoms with E-state index in [0.717, 1.165) is 33.8 Å². The summed E-state index contributed by atoms with van der Waals surface area (Å²) in [6, 6.07) is 11.3. The van der Waals surface area contributed by atoms with Gasteiger partial charge in [-0.15, -0.1) is 10.2 Å². The quantitative estimate of drug-likeness (QED) is 0.222. The van der Waals surface area contributed by atoms with Crippen LogP contribution >= 0.6 is 23.6 Å². The van der Waals surface area contributed by atoms with Crippen LogP contribution in [-0.4, -0.2) is 42.4 Å². The van der Waals surface area contributed by atoms with Crippen molar-refractivity contribution in [3.05, 3.63) is 64.0 Å². The van der Waals surface area contributed by atoms with E-state index in [1.807, 2.05) is 19.1 Å². The van der Waals surface area contributed by atoms with E-state index in [1.54, 1.807) is 23.6 Å². The third kappa shape index (κ3) is 4.84. The van der Waals surface area contributed by atoms with Gasteiger partial charge in [-0.1, -0.05) is 18.3 Å². The summed E-state index contributed by atoms with van der Waals surface area (Å²) in [4.78, 5) is 23.9. The van der Waals surface area contributed by atoms with Gasteiger partial charge < -0.3 is 10.1 Å². The number of benzene rings is 2. The minimum absolute atomic E-state index is 0.0562. The summed E-state index contributed by atoms with van der Waals surface area (Å²) in [5.41, 5.74) is 1.36. The van der Waals surface area contributed by atoms with Crippen molar-refractivity contribution in [2.75, 3.05) is 11.9 Å². The first-order chi connectivity index (χ1) is 16.4. The van der Waals surface area contributed by atoms with Crippen LogP contribution in [0.3, 0.4) is 0 Å². The van der Waals surface area contributed by atoms with E-state index in [0.29, 0.717) is 5.69 Å². The SMILES string of the molecule is CCOc1ccc(C(=O)NC(=S)Nc2ccc(-c3nn4c(CC)nnc4s3)cc2)cc1[N+](=O)[O-]. The molecule has 0 bridgehead atoms. The Balaban J connectivity index is 1.41. The fourth-order valence-electron chi connectivity index (χ4n) is 3.11. The number of nitro groups is 1. The van der Waals surface area contributed by atoms with E-state index in [9.17, 15) is 14.9 Å². The minimum atomic E-state index is -0.598. The molecule has 0 saturated carbocycles. The average Bonchev–Trinajstić information content (AvgIpc) is 3.40. The van der Waals surface area contributed by atoms with Crippen molar-refractivity contribution in [1.82, 2.24) is 25.1 Å². The molecule has 0 radical (unpaired) electrons. The van der Waals surface area contributed by atoms with Crippen molar-refractivity contribution < 1.29 is 14.5 Å². The first-order valence-electron chi connectivity index (χ1n) is 10.2. The van der Waals surface area contributed by atoms with E-state index in [1.165, 1.54) is 23.5 Å². The maximum absolute atomic E-state index is 12.5. The lowest BCUT2D eigenvalue weighted by Gasteiger charge is -2.10. The van der Waals surface area contributed by atoms with Crippen LogP contribution in [0.5, 0.6) is 5.75 Å². The number of carbonyl (C=O) groups excluding carboxylic acids is 1. The van der Waals surface area contributed by atoms with Crippen molar-refractivity contribution in [2.45, 2.75) is 20.3 Å². The molecule has 0 saturated heterocycles. The van der Waals surface area contributed by atoms with Crippen LogP contribution in [0.15, 0.2) is 42.5 Å². The second-order valence-electron chi connectivity index (χ2n) is 6.93. The lowest BCUT2D eigenvalue weighted by Crippen LogP contribution is -2.34. The van der Waals surface area contributed by atoms with Gasteiger partial charge in [-0.25, -0.2) is 0 Å². The lowest BCUT2D eigenvalue weighted by atomic mass is 10.1. The average molecular weight is 498 g/mol. The molecule has 0 unspecified atom stereocenters. The first kappa shape index (κ1) is 23.2. The van der Waals surface area contributed by atoms with Gasteiger partial charge in [0.05, 0.1) is 11.5 Å². The molecule has 2 aromatic heterocycles. The highest BCUT2D eigenvalue weighted by Crippen LogP contribution is 2.28. The van der Waals surface area contributed by atoms with E-state index in [-0.39, 0.29) is 28.7 Å². The number of hydrogen-bond donors (Lipinski definition) is 2. The Labute approximate surface area is 202 Å². The monoisotopic (exact) mass is 497 g/mol. The largest absolute Gasteiger partial charge is 0.487 e. The van der Waals surface area contributed by atoms with Gasteiger partial charge in [0, 0.05) is 29.3 Å². The molecule has 0 spiro atoms. The van der Waals surface area contributed by atoms with Gasteiger partial charge in [-0.2, -0.15) is 9.61 Å². The molecule has 0 aliphatic heterocycles. The number of nitrogens with one attached hydrogen (secondary N) is 2. The van der Waals surface area contributed by atoms with E-state index in [4.69, 9.17) is 17.0 Å². The Hall–Kier alpha value is -3.97. The van der Waals surface area contributed by atoms with Gasteiger partial charge in [0.25, 0.3) is 5.91 Å². The predicted octanol–water partition coefficient (Wildman–Crippen LogP) is 3.85. The summed E-state index contributed by atoms with van der Waals surface area (Å²) in [7, 11) is 0. The molecule has 0 aliphatic rings. The van der Waals surface area contributed by atoms with Gasteiger partial charge in [-0.05, 0) is 55.5 Å². The third-order valence-corrected chi connectivity index (χ3v) is 5.86. The van der Waals surface area contributed by atoms with Crippen LogP contribution in [0, 0.1) is 10.1 Å². The lowest BCUT2D eigenvalue weighted by molar-refractivity contribution is -0.385. The van der Waals surface area contributed by atoms with Crippen LogP contribution in [0.25, 0.3) is 15.5 Å². The summed E-state index contributed by atoms with van der Waals surface area (Å²) in [6.45, 7) is 3.98. The number of aryl methyl sites for hydroxylation is 1. The number of rotatable bonds is 7. The molecule has 4 aromatic rings. The highest BCUT2D eigenvalue weighted by atomic mass is 32.1. The number of hydrogen-bond acceptors (Lipinski definition) is 9. The Bertz CT molecular complexity index is 1380. The van der Waals surface area contributed by atoms with Crippen molar-refractivity contribution in [2.24, 2.45) is 0 Å². The van der Waals surface area contributed by atoms with Crippen molar-refractivity contribution in [3.63, 3.8) is 0 Å². The van der Waals surface area contributed by atoms with Crippen LogP contribution < -0.4 is 15.4 Å². The molecule has 2 aromatic carbocycles. The Morgan fingerprint density at radius 2 is 1.97 bits per heavy atom. The molecular weight excluding hydrogens is 478 g/mol. The van der Waals surface area contributed by atoms with E-state index in [2.05, 4.69) is 25.9 Å². The second kappa shape index (κ2) is 9.89. The zero-order valence-corrected chi connectivity index (χ0v) is 19.8. The molecule has 2 N–H and O–H groups in total. The Morgan fingerprint density at radius 3 is 2.65 bits per heavy atom. The number of thiocarbonyl (C=S) groups is 1. The van der Waals surface area contributed by atoms with Gasteiger partial charge in [0.1, 0.15) is 5.01 Å². The topological polar surface area (TPSA) is 137 Å². The number of fused-ring (bicyclic) bond motifs is 1. The number of carbonyl (C=O) groups is 1. The summed E-state index contributed by atoms with van der Waals surface area (Å²) < 4.78 is 6.97. The van der Waals surface area contributed by atoms with Crippen LogP contribution in [0.2, 0.25) is 0 Å². The molecule has 11 nitrogen and oxygen atoms in total. The minimum Gasteiger partial charge on any atom is -0.487 e. The molecule has 1 amide bonds. The van der Waals surface area contributed by atoms with Crippen molar-refractivity contribution in [3.8, 4) is 16.3 Å². The molecule has 34 heavy (non-hydrogen) atoms. The van der Waals surface area contributed by atoms with Gasteiger partial charge >= 0.3 is 5.69 Å². The summed E-state index contributed by atoms with van der Waals surface area (Å²) in [5, 5.41) is 30.4. The molecule has 174 valence electrons. The number of aromatic nitrogens is 4. The summed E-state index contributed by atoms with van der Waals surface area (Å²) in [6.07, 6.45) is 0.736. The number of nitro benzene ring substituents is 1. The molecule has 0 aliphatic carbocycles. The van der Waals surface area contributed by atoms with Crippen LogP contribution in [-0.2, 0) is 6.42 Å². The highest BCUT2D eigenvalue weighted by Gasteiger charge is 2.19. The predicted molar refractivity (Wildman–Crippen MR) is 131 cm³/mol. The smallest absolute Gasteiger partial charge is 0.311 e. The van der Waals surface area contributed by atoms with Crippen molar-refractivity contribution >= 4 is 50.9 Å². The number of anilines is 1. The third-order valence-electron chi connectivity index (χ3n) is 4.71. The van der Waals surface area contributed by atoms with E-state index < -0.39 is 10.8 Å². The number of amides is 1. The zero-order valence-electron chi connectivity index (χ0n) is 18.1. The maximum atomic E-state index is 12.5. The fraction of sp³-hybridized carbons (Fsp3) is 0.190. The van der Waals surface area contributed by atoms with Crippen LogP contribution in [0.1, 0.15) is 30.0 Å². The Morgan fingerprint density at radius 1 is 1.21 bits per heavy atom. The zero-order chi connectivity index (χ0) is 24.2. The van der Waals surface area contributed by atoms with E-state index >= 15 is 0 Å². The Kier molecular flexibility index (Phi) is 6.75. The molecular formula is C21H19N7O4S2. The molecule has 0 atom stereocenters. The van der Waals surface area contributed by atoms with Gasteiger partial charge in [0.15, 0.2) is 16.7 Å². The van der Waals surface area contributed by atoms with Gasteiger partial charge in [-0.3, -0.25) is 20.2 Å². The fourth-order valence-corrected chi connectivity index (χ4v) is 4.18. The van der Waals surface area contributed by atoms with Gasteiger partial charge in [0.2, 0.25) is 4.96 Å². The summed E-state index contributed by atoms with van der Waals surface area (Å²) >= 11 is 6.66. The molecule has 0 fully saturated rings. The maximum Gasteiger partial charge on any atom is 0.311 e. The number of ether oxygens (including phenoxy) is 1. The second-order valence-corrected chi connectivity index (χ2v) is 8.29. The normalized spacial score (nSPS) is 10.8. The molecule has 4 rings (SSSR count). The summed E-state index contributed by atoms with van der Waals surface area (Å²) in [5.74, 6) is 0.321. The highest BCUT2D eigenvalue weighted by molar-refractivity contribution is 7.80. The molecule has 2 heterocycles.